The Hall–Kier alpha value is -1.30. The maximum atomic E-state index is 12.1. The quantitative estimate of drug-likeness (QED) is 0.910. The van der Waals surface area contributed by atoms with Gasteiger partial charge in [-0.3, -0.25) is 9.59 Å². The molecule has 1 aliphatic rings. The Morgan fingerprint density at radius 3 is 2.65 bits per heavy atom. The Kier molecular flexibility index (Phi) is 5.23. The zero-order chi connectivity index (χ0) is 14.5. The molecule has 6 heteroatoms. The minimum atomic E-state index is -0.206. The highest BCUT2D eigenvalue weighted by molar-refractivity contribution is 9.10. The molecular formula is C14H20BrN3O2. The number of likely N-dealkylation sites (tertiary alicyclic amines) is 1. The zero-order valence-electron chi connectivity index (χ0n) is 11.7. The molecule has 1 N–H and O–H groups in total. The third-order valence-corrected chi connectivity index (χ3v) is 3.98. The Labute approximate surface area is 127 Å². The maximum absolute atomic E-state index is 12.1. The van der Waals surface area contributed by atoms with Gasteiger partial charge in [0.25, 0.3) is 5.91 Å². The van der Waals surface area contributed by atoms with Crippen LogP contribution in [-0.2, 0) is 11.3 Å². The summed E-state index contributed by atoms with van der Waals surface area (Å²) in [6.45, 7) is 4.39. The van der Waals surface area contributed by atoms with E-state index in [1.54, 1.807) is 6.07 Å². The molecule has 2 heterocycles. The van der Waals surface area contributed by atoms with E-state index in [9.17, 15) is 9.59 Å². The minimum Gasteiger partial charge on any atom is -0.343 e. The van der Waals surface area contributed by atoms with Crippen molar-refractivity contribution < 1.29 is 9.59 Å². The first-order valence-corrected chi connectivity index (χ1v) is 7.82. The predicted molar refractivity (Wildman–Crippen MR) is 80.6 cm³/mol. The van der Waals surface area contributed by atoms with Crippen LogP contribution in [0, 0.1) is 0 Å². The number of carbonyl (C=O) groups is 2. The minimum absolute atomic E-state index is 0.00622. The molecular weight excluding hydrogens is 322 g/mol. The molecule has 0 aromatic carbocycles. The molecule has 1 aromatic heterocycles. The molecule has 0 atom stereocenters. The number of hydrogen-bond donors (Lipinski definition) is 1. The molecule has 1 saturated heterocycles. The molecule has 0 saturated carbocycles. The van der Waals surface area contributed by atoms with Crippen LogP contribution in [0.4, 0.5) is 0 Å². The first kappa shape index (κ1) is 15.1. The molecule has 20 heavy (non-hydrogen) atoms. The summed E-state index contributed by atoms with van der Waals surface area (Å²) in [6, 6.07) is 1.77. The van der Waals surface area contributed by atoms with Gasteiger partial charge in [-0.1, -0.05) is 0 Å². The van der Waals surface area contributed by atoms with Gasteiger partial charge in [0, 0.05) is 30.3 Å². The Morgan fingerprint density at radius 1 is 1.30 bits per heavy atom. The molecule has 1 fully saturated rings. The molecule has 0 unspecified atom stereocenters. The Balaban J connectivity index is 1.89. The number of hydrogen-bond acceptors (Lipinski definition) is 2. The van der Waals surface area contributed by atoms with Crippen LogP contribution in [0.15, 0.2) is 16.7 Å². The molecule has 0 aliphatic carbocycles. The molecule has 1 aliphatic heterocycles. The van der Waals surface area contributed by atoms with E-state index in [0.717, 1.165) is 30.4 Å². The van der Waals surface area contributed by atoms with Crippen molar-refractivity contribution in [3.8, 4) is 0 Å². The van der Waals surface area contributed by atoms with Crippen LogP contribution in [0.3, 0.4) is 0 Å². The molecule has 110 valence electrons. The van der Waals surface area contributed by atoms with Gasteiger partial charge in [-0.25, -0.2) is 0 Å². The van der Waals surface area contributed by atoms with Gasteiger partial charge in [-0.2, -0.15) is 0 Å². The van der Waals surface area contributed by atoms with E-state index in [2.05, 4.69) is 21.2 Å². The van der Waals surface area contributed by atoms with Crippen LogP contribution in [0.2, 0.25) is 0 Å². The van der Waals surface area contributed by atoms with Gasteiger partial charge in [-0.15, -0.1) is 0 Å². The van der Waals surface area contributed by atoms with Crippen molar-refractivity contribution in [1.82, 2.24) is 14.8 Å². The van der Waals surface area contributed by atoms with Crippen molar-refractivity contribution in [3.63, 3.8) is 0 Å². The SMILES string of the molecule is CCn1cc(Br)cc1C(=O)NCC(=O)N1CCCCC1. The standard InChI is InChI=1S/C14H20BrN3O2/c1-2-17-10-11(15)8-12(17)14(20)16-9-13(19)18-6-4-3-5-7-18/h8,10H,2-7,9H2,1H3,(H,16,20). The highest BCUT2D eigenvalue weighted by Gasteiger charge is 2.18. The van der Waals surface area contributed by atoms with E-state index in [1.807, 2.05) is 22.6 Å². The second-order valence-corrected chi connectivity index (χ2v) is 5.87. The fourth-order valence-corrected chi connectivity index (χ4v) is 2.89. The van der Waals surface area contributed by atoms with Crippen molar-refractivity contribution >= 4 is 27.7 Å². The second-order valence-electron chi connectivity index (χ2n) is 4.95. The van der Waals surface area contributed by atoms with Crippen molar-refractivity contribution in [2.45, 2.75) is 32.7 Å². The molecule has 5 nitrogen and oxygen atoms in total. The Bertz CT molecular complexity index is 493. The van der Waals surface area contributed by atoms with E-state index >= 15 is 0 Å². The van der Waals surface area contributed by atoms with Gasteiger partial charge in [0.05, 0.1) is 6.54 Å². The number of nitrogens with zero attached hydrogens (tertiary/aromatic N) is 2. The molecule has 0 bridgehead atoms. The van der Waals surface area contributed by atoms with Crippen LogP contribution in [0.25, 0.3) is 0 Å². The lowest BCUT2D eigenvalue weighted by Crippen LogP contribution is -2.42. The third kappa shape index (κ3) is 3.62. The third-order valence-electron chi connectivity index (χ3n) is 3.55. The zero-order valence-corrected chi connectivity index (χ0v) is 13.3. The van der Waals surface area contributed by atoms with Gasteiger partial charge in [-0.05, 0) is 48.2 Å². The van der Waals surface area contributed by atoms with Crippen molar-refractivity contribution in [2.24, 2.45) is 0 Å². The number of nitrogens with one attached hydrogen (secondary N) is 1. The molecule has 1 aromatic rings. The van der Waals surface area contributed by atoms with Crippen molar-refractivity contribution in [1.29, 1.82) is 0 Å². The van der Waals surface area contributed by atoms with Gasteiger partial charge in [0.1, 0.15) is 5.69 Å². The fraction of sp³-hybridized carbons (Fsp3) is 0.571. The van der Waals surface area contributed by atoms with Crippen LogP contribution in [0.1, 0.15) is 36.7 Å². The average Bonchev–Trinajstić information content (AvgIpc) is 2.86. The van der Waals surface area contributed by atoms with Gasteiger partial charge in [0.15, 0.2) is 0 Å². The lowest BCUT2D eigenvalue weighted by Gasteiger charge is -2.26. The maximum Gasteiger partial charge on any atom is 0.268 e. The van der Waals surface area contributed by atoms with E-state index < -0.39 is 0 Å². The summed E-state index contributed by atoms with van der Waals surface area (Å²) >= 11 is 3.36. The molecule has 2 amide bonds. The summed E-state index contributed by atoms with van der Waals surface area (Å²) in [4.78, 5) is 25.9. The van der Waals surface area contributed by atoms with Crippen molar-refractivity contribution in [2.75, 3.05) is 19.6 Å². The number of rotatable bonds is 4. The normalized spacial score (nSPS) is 15.2. The summed E-state index contributed by atoms with van der Waals surface area (Å²) in [5.41, 5.74) is 0.575. The van der Waals surface area contributed by atoms with Gasteiger partial charge in [0.2, 0.25) is 5.91 Å². The van der Waals surface area contributed by atoms with Gasteiger partial charge < -0.3 is 14.8 Å². The van der Waals surface area contributed by atoms with Crippen molar-refractivity contribution in [3.05, 3.63) is 22.4 Å². The number of piperidine rings is 1. The number of aryl methyl sites for hydroxylation is 1. The number of amides is 2. The van der Waals surface area contributed by atoms with E-state index in [0.29, 0.717) is 12.2 Å². The summed E-state index contributed by atoms with van der Waals surface area (Å²) in [5.74, 6) is -0.199. The lowest BCUT2D eigenvalue weighted by molar-refractivity contribution is -0.130. The summed E-state index contributed by atoms with van der Waals surface area (Å²) in [5, 5.41) is 2.71. The highest BCUT2D eigenvalue weighted by Crippen LogP contribution is 2.15. The fourth-order valence-electron chi connectivity index (χ4n) is 2.43. The van der Waals surface area contributed by atoms with E-state index in [1.165, 1.54) is 6.42 Å². The highest BCUT2D eigenvalue weighted by atomic mass is 79.9. The van der Waals surface area contributed by atoms with Crippen LogP contribution in [-0.4, -0.2) is 40.9 Å². The van der Waals surface area contributed by atoms with E-state index in [-0.39, 0.29) is 18.4 Å². The number of halogens is 1. The monoisotopic (exact) mass is 341 g/mol. The second kappa shape index (κ2) is 6.92. The summed E-state index contributed by atoms with van der Waals surface area (Å²) < 4.78 is 2.72. The molecule has 2 rings (SSSR count). The largest absolute Gasteiger partial charge is 0.343 e. The number of carbonyl (C=O) groups excluding carboxylic acids is 2. The number of aromatic nitrogens is 1. The molecule has 0 radical (unpaired) electrons. The molecule has 0 spiro atoms. The predicted octanol–water partition coefficient (Wildman–Crippen LogP) is 2.01. The Morgan fingerprint density at radius 2 is 2.00 bits per heavy atom. The van der Waals surface area contributed by atoms with Crippen LogP contribution < -0.4 is 5.32 Å². The first-order chi connectivity index (χ1) is 9.61. The summed E-state index contributed by atoms with van der Waals surface area (Å²) in [6.07, 6.45) is 5.17. The first-order valence-electron chi connectivity index (χ1n) is 7.03. The average molecular weight is 342 g/mol. The topological polar surface area (TPSA) is 54.3 Å². The van der Waals surface area contributed by atoms with Crippen LogP contribution >= 0.6 is 15.9 Å². The summed E-state index contributed by atoms with van der Waals surface area (Å²) in [7, 11) is 0. The smallest absolute Gasteiger partial charge is 0.268 e. The van der Waals surface area contributed by atoms with E-state index in [4.69, 9.17) is 0 Å². The van der Waals surface area contributed by atoms with Crippen LogP contribution in [0.5, 0.6) is 0 Å². The lowest BCUT2D eigenvalue weighted by atomic mass is 10.1. The van der Waals surface area contributed by atoms with Gasteiger partial charge >= 0.3 is 0 Å².